The van der Waals surface area contributed by atoms with E-state index in [1.165, 1.54) is 24.3 Å². The van der Waals surface area contributed by atoms with Gasteiger partial charge in [0.15, 0.2) is 5.82 Å². The normalized spacial score (nSPS) is 17.4. The summed E-state index contributed by atoms with van der Waals surface area (Å²) in [5, 5.41) is 2.71. The van der Waals surface area contributed by atoms with Crippen molar-refractivity contribution in [2.24, 2.45) is 0 Å². The van der Waals surface area contributed by atoms with Crippen LogP contribution in [0.1, 0.15) is 12.8 Å². The van der Waals surface area contributed by atoms with Gasteiger partial charge in [-0.15, -0.1) is 0 Å². The first-order valence-electron chi connectivity index (χ1n) is 7.56. The number of hydrogen-bond acceptors (Lipinski definition) is 4. The van der Waals surface area contributed by atoms with Gasteiger partial charge in [0, 0.05) is 12.2 Å². The zero-order valence-corrected chi connectivity index (χ0v) is 12.8. The Morgan fingerprint density at radius 1 is 1.17 bits per heavy atom. The van der Waals surface area contributed by atoms with E-state index in [1.807, 2.05) is 0 Å². The lowest BCUT2D eigenvalue weighted by Crippen LogP contribution is -2.46. The van der Waals surface area contributed by atoms with Crippen molar-refractivity contribution in [2.75, 3.05) is 18.4 Å². The Kier molecular flexibility index (Phi) is 4.83. The summed E-state index contributed by atoms with van der Waals surface area (Å²) in [5.74, 6) is -0.898. The number of carbonyl (C=O) groups excluding carboxylic acids is 1. The van der Waals surface area contributed by atoms with Crippen molar-refractivity contribution < 1.29 is 18.3 Å². The third kappa shape index (κ3) is 4.15. The second-order valence-corrected chi connectivity index (χ2v) is 5.45. The molecule has 1 fully saturated rings. The van der Waals surface area contributed by atoms with Gasteiger partial charge in [0.1, 0.15) is 11.9 Å². The Morgan fingerprint density at radius 3 is 2.58 bits per heavy atom. The van der Waals surface area contributed by atoms with Crippen LogP contribution in [0, 0.1) is 11.6 Å². The highest BCUT2D eigenvalue weighted by molar-refractivity contribution is 5.89. The summed E-state index contributed by atoms with van der Waals surface area (Å²) >= 11 is 0. The van der Waals surface area contributed by atoms with Gasteiger partial charge < -0.3 is 15.0 Å². The smallest absolute Gasteiger partial charge is 0.321 e. The average molecular weight is 334 g/mol. The van der Waals surface area contributed by atoms with Crippen molar-refractivity contribution >= 4 is 11.7 Å². The molecule has 24 heavy (non-hydrogen) atoms. The van der Waals surface area contributed by atoms with Crippen LogP contribution in [0.3, 0.4) is 0 Å². The van der Waals surface area contributed by atoms with Gasteiger partial charge in [-0.25, -0.2) is 23.5 Å². The first kappa shape index (κ1) is 16.1. The Labute approximate surface area is 137 Å². The number of halogens is 2. The van der Waals surface area contributed by atoms with E-state index in [9.17, 15) is 13.6 Å². The molecule has 1 N–H and O–H groups in total. The summed E-state index contributed by atoms with van der Waals surface area (Å²) in [6.07, 6.45) is 3.32. The lowest BCUT2D eigenvalue weighted by atomic mass is 10.1. The number of likely N-dealkylation sites (tertiary alicyclic amines) is 1. The van der Waals surface area contributed by atoms with Crippen molar-refractivity contribution in [3.05, 3.63) is 48.3 Å². The third-order valence-electron chi connectivity index (χ3n) is 3.63. The molecule has 1 aliphatic heterocycles. The zero-order chi connectivity index (χ0) is 16.9. The minimum Gasteiger partial charge on any atom is -0.458 e. The number of urea groups is 1. The number of rotatable bonds is 3. The van der Waals surface area contributed by atoms with E-state index in [1.54, 1.807) is 4.90 Å². The molecule has 6 nitrogen and oxygen atoms in total. The highest BCUT2D eigenvalue weighted by Gasteiger charge is 2.25. The topological polar surface area (TPSA) is 67.4 Å². The standard InChI is InChI=1S/C16H16F2N4O2/c17-11-3-5-13(6-4-11)21-16(23)22-7-1-2-14(10-22)24-15-19-8-12(18)9-20-15/h3-6,8-9,14H,1-2,7,10H2,(H,21,23). The molecule has 8 heteroatoms. The molecule has 1 saturated heterocycles. The molecular weight excluding hydrogens is 318 g/mol. The maximum absolute atomic E-state index is 12.9. The highest BCUT2D eigenvalue weighted by Crippen LogP contribution is 2.17. The Bertz CT molecular complexity index is 694. The lowest BCUT2D eigenvalue weighted by Gasteiger charge is -2.32. The monoisotopic (exact) mass is 334 g/mol. The lowest BCUT2D eigenvalue weighted by molar-refractivity contribution is 0.0981. The maximum Gasteiger partial charge on any atom is 0.321 e. The first-order chi connectivity index (χ1) is 11.6. The first-order valence-corrected chi connectivity index (χ1v) is 7.56. The molecular formula is C16H16F2N4O2. The summed E-state index contributed by atoms with van der Waals surface area (Å²) in [5.41, 5.74) is 0.520. The predicted octanol–water partition coefficient (Wildman–Crippen LogP) is 2.83. The van der Waals surface area contributed by atoms with E-state index in [0.29, 0.717) is 18.8 Å². The third-order valence-corrected chi connectivity index (χ3v) is 3.63. The van der Waals surface area contributed by atoms with Crippen LogP contribution in [0.5, 0.6) is 6.01 Å². The SMILES string of the molecule is O=C(Nc1ccc(F)cc1)N1CCCC(Oc2ncc(F)cn2)C1. The van der Waals surface area contributed by atoms with Gasteiger partial charge >= 0.3 is 12.0 Å². The molecule has 0 bridgehead atoms. The molecule has 1 aromatic heterocycles. The molecule has 1 unspecified atom stereocenters. The van der Waals surface area contributed by atoms with E-state index in [4.69, 9.17) is 4.74 Å². The summed E-state index contributed by atoms with van der Waals surface area (Å²) in [6, 6.07) is 5.36. The summed E-state index contributed by atoms with van der Waals surface area (Å²) in [4.78, 5) is 21.4. The van der Waals surface area contributed by atoms with Gasteiger partial charge in [0.2, 0.25) is 0 Å². The molecule has 0 aliphatic carbocycles. The molecule has 126 valence electrons. The van der Waals surface area contributed by atoms with Gasteiger partial charge in [-0.3, -0.25) is 0 Å². The molecule has 0 spiro atoms. The van der Waals surface area contributed by atoms with E-state index in [2.05, 4.69) is 15.3 Å². The van der Waals surface area contributed by atoms with Gasteiger partial charge in [0.25, 0.3) is 0 Å². The number of nitrogens with one attached hydrogen (secondary N) is 1. The summed E-state index contributed by atoms with van der Waals surface area (Å²) < 4.78 is 31.3. The Morgan fingerprint density at radius 2 is 1.88 bits per heavy atom. The van der Waals surface area contributed by atoms with Gasteiger partial charge in [0.05, 0.1) is 18.9 Å². The fourth-order valence-corrected chi connectivity index (χ4v) is 2.46. The van der Waals surface area contributed by atoms with Crippen molar-refractivity contribution in [3.63, 3.8) is 0 Å². The van der Waals surface area contributed by atoms with Crippen molar-refractivity contribution in [1.29, 1.82) is 0 Å². The minimum atomic E-state index is -0.536. The number of benzene rings is 1. The molecule has 1 aliphatic rings. The highest BCUT2D eigenvalue weighted by atomic mass is 19.1. The molecule has 2 aromatic rings. The van der Waals surface area contributed by atoms with E-state index in [0.717, 1.165) is 25.2 Å². The van der Waals surface area contributed by atoms with Gasteiger partial charge in [-0.2, -0.15) is 0 Å². The largest absolute Gasteiger partial charge is 0.458 e. The number of anilines is 1. The van der Waals surface area contributed by atoms with Crippen LogP contribution in [0.25, 0.3) is 0 Å². The van der Waals surface area contributed by atoms with Crippen molar-refractivity contribution in [1.82, 2.24) is 14.9 Å². The van der Waals surface area contributed by atoms with Gasteiger partial charge in [-0.1, -0.05) is 0 Å². The molecule has 1 aromatic carbocycles. The van der Waals surface area contributed by atoms with Crippen LogP contribution < -0.4 is 10.1 Å². The summed E-state index contributed by atoms with van der Waals surface area (Å²) in [6.45, 7) is 0.963. The summed E-state index contributed by atoms with van der Waals surface area (Å²) in [7, 11) is 0. The number of aromatic nitrogens is 2. The zero-order valence-electron chi connectivity index (χ0n) is 12.8. The molecule has 0 radical (unpaired) electrons. The number of hydrogen-bond donors (Lipinski definition) is 1. The van der Waals surface area contributed by atoms with Crippen LogP contribution in [-0.4, -0.2) is 40.1 Å². The second-order valence-electron chi connectivity index (χ2n) is 5.45. The second kappa shape index (κ2) is 7.20. The number of carbonyl (C=O) groups is 1. The fourth-order valence-electron chi connectivity index (χ4n) is 2.46. The van der Waals surface area contributed by atoms with Crippen LogP contribution in [-0.2, 0) is 0 Å². The maximum atomic E-state index is 12.9. The molecule has 2 heterocycles. The number of piperidine rings is 1. The molecule has 0 saturated carbocycles. The van der Waals surface area contributed by atoms with Crippen LogP contribution in [0.4, 0.5) is 19.3 Å². The van der Waals surface area contributed by atoms with Crippen LogP contribution in [0.2, 0.25) is 0 Å². The Hall–Kier alpha value is -2.77. The van der Waals surface area contributed by atoms with Crippen molar-refractivity contribution in [2.45, 2.75) is 18.9 Å². The minimum absolute atomic E-state index is 0.0854. The quantitative estimate of drug-likeness (QED) is 0.937. The number of nitrogens with zero attached hydrogens (tertiary/aromatic N) is 3. The van der Waals surface area contributed by atoms with E-state index in [-0.39, 0.29) is 24.0 Å². The molecule has 2 amide bonds. The molecule has 1 atom stereocenters. The van der Waals surface area contributed by atoms with E-state index < -0.39 is 5.82 Å². The van der Waals surface area contributed by atoms with Crippen LogP contribution in [0.15, 0.2) is 36.7 Å². The van der Waals surface area contributed by atoms with Gasteiger partial charge in [-0.05, 0) is 37.1 Å². The Balaban J connectivity index is 1.57. The molecule has 3 rings (SSSR count). The average Bonchev–Trinajstić information content (AvgIpc) is 2.59. The fraction of sp³-hybridized carbons (Fsp3) is 0.312. The van der Waals surface area contributed by atoms with E-state index >= 15 is 0 Å². The number of amides is 2. The number of ether oxygens (including phenoxy) is 1. The predicted molar refractivity (Wildman–Crippen MR) is 82.6 cm³/mol. The van der Waals surface area contributed by atoms with Crippen molar-refractivity contribution in [3.8, 4) is 6.01 Å². The van der Waals surface area contributed by atoms with Crippen LogP contribution >= 0.6 is 0 Å².